The van der Waals surface area contributed by atoms with E-state index in [0.717, 1.165) is 0 Å². The molecule has 14 heavy (non-hydrogen) atoms. The average molecular weight is 222 g/mol. The average Bonchev–Trinajstić information content (AvgIpc) is 2.20. The van der Waals surface area contributed by atoms with E-state index >= 15 is 0 Å². The van der Waals surface area contributed by atoms with Gasteiger partial charge in [-0.2, -0.15) is 12.6 Å². The van der Waals surface area contributed by atoms with E-state index in [4.69, 9.17) is 15.2 Å². The van der Waals surface area contributed by atoms with E-state index < -0.39 is 0 Å². The molecule has 5 nitrogen and oxygen atoms in total. The Morgan fingerprint density at radius 1 is 1.29 bits per heavy atom. The summed E-state index contributed by atoms with van der Waals surface area (Å²) >= 11 is 3.96. The van der Waals surface area contributed by atoms with E-state index in [1.807, 2.05) is 0 Å². The summed E-state index contributed by atoms with van der Waals surface area (Å²) in [5.74, 6) is 0.503. The highest BCUT2D eigenvalue weighted by molar-refractivity contribution is 7.80. The molecule has 0 aliphatic carbocycles. The topological polar surface area (TPSA) is 73.6 Å². The molecule has 0 atom stereocenters. The van der Waals surface area contributed by atoms with Crippen LogP contribution in [0.5, 0.6) is 0 Å². The molecule has 84 valence electrons. The molecule has 0 aliphatic rings. The molecule has 0 aromatic rings. The summed E-state index contributed by atoms with van der Waals surface area (Å²) in [5, 5.41) is 2.63. The molecule has 3 N–H and O–H groups in total. The molecule has 0 fully saturated rings. The van der Waals surface area contributed by atoms with Gasteiger partial charge in [-0.3, -0.25) is 4.79 Å². The number of amides is 1. The fourth-order valence-electron chi connectivity index (χ4n) is 0.714. The Kier molecular flexibility index (Phi) is 10.5. The van der Waals surface area contributed by atoms with Gasteiger partial charge in [-0.1, -0.05) is 0 Å². The van der Waals surface area contributed by atoms with Gasteiger partial charge in [0.25, 0.3) is 0 Å². The van der Waals surface area contributed by atoms with Gasteiger partial charge in [0, 0.05) is 18.8 Å². The van der Waals surface area contributed by atoms with E-state index in [9.17, 15) is 4.79 Å². The van der Waals surface area contributed by atoms with Gasteiger partial charge >= 0.3 is 0 Å². The second kappa shape index (κ2) is 10.8. The normalized spacial score (nSPS) is 10.1. The van der Waals surface area contributed by atoms with Crippen LogP contribution in [0.15, 0.2) is 0 Å². The fourth-order valence-corrected chi connectivity index (χ4v) is 0.826. The van der Waals surface area contributed by atoms with Crippen LogP contribution in [0.4, 0.5) is 0 Å². The van der Waals surface area contributed by atoms with Crippen LogP contribution in [0, 0.1) is 0 Å². The molecule has 0 saturated heterocycles. The second-order valence-electron chi connectivity index (χ2n) is 2.53. The van der Waals surface area contributed by atoms with Crippen molar-refractivity contribution in [2.24, 2.45) is 5.73 Å². The molecule has 0 aromatic heterocycles. The van der Waals surface area contributed by atoms with Crippen molar-refractivity contribution in [3.8, 4) is 0 Å². The van der Waals surface area contributed by atoms with Gasteiger partial charge < -0.3 is 20.5 Å². The lowest BCUT2D eigenvalue weighted by Crippen LogP contribution is -2.29. The van der Waals surface area contributed by atoms with Gasteiger partial charge in [0.1, 0.15) is 6.61 Å². The number of hydrogen-bond acceptors (Lipinski definition) is 5. The lowest BCUT2D eigenvalue weighted by atomic mass is 10.6. The Hall–Kier alpha value is -0.300. The third kappa shape index (κ3) is 9.79. The highest BCUT2D eigenvalue weighted by Gasteiger charge is 1.98. The molecule has 0 bridgehead atoms. The minimum atomic E-state index is -0.127. The molecule has 1 amide bonds. The number of ether oxygens (including phenoxy) is 2. The maximum atomic E-state index is 11.0. The predicted octanol–water partition coefficient (Wildman–Crippen LogP) is -0.976. The minimum absolute atomic E-state index is 0.0692. The molecule has 6 heteroatoms. The van der Waals surface area contributed by atoms with Crippen molar-refractivity contribution in [1.82, 2.24) is 5.32 Å². The fraction of sp³-hybridized carbons (Fsp3) is 0.875. The number of nitrogens with one attached hydrogen (secondary N) is 1. The van der Waals surface area contributed by atoms with Crippen LogP contribution >= 0.6 is 12.6 Å². The highest BCUT2D eigenvalue weighted by Crippen LogP contribution is 1.79. The smallest absolute Gasteiger partial charge is 0.246 e. The molecule has 0 saturated carbocycles. The summed E-state index contributed by atoms with van der Waals surface area (Å²) in [7, 11) is 0. The van der Waals surface area contributed by atoms with Gasteiger partial charge in [-0.25, -0.2) is 0 Å². The highest BCUT2D eigenvalue weighted by atomic mass is 32.1. The molecule has 0 unspecified atom stereocenters. The Morgan fingerprint density at radius 3 is 2.64 bits per heavy atom. The first-order valence-corrected chi connectivity index (χ1v) is 5.17. The summed E-state index contributed by atoms with van der Waals surface area (Å²) in [6, 6.07) is 0. The number of carbonyl (C=O) groups excluding carboxylic acids is 1. The molecule has 0 spiro atoms. The maximum Gasteiger partial charge on any atom is 0.246 e. The molecule has 0 aliphatic heterocycles. The Bertz CT molecular complexity index is 147. The maximum absolute atomic E-state index is 11.0. The largest absolute Gasteiger partial charge is 0.378 e. The van der Waals surface area contributed by atoms with Crippen LogP contribution in [-0.4, -0.2) is 51.2 Å². The molecular formula is C8H18N2O3S. The SMILES string of the molecule is NCCOCCOCC(=O)NCCS. The van der Waals surface area contributed by atoms with Crippen molar-refractivity contribution in [3.05, 3.63) is 0 Å². The van der Waals surface area contributed by atoms with Crippen LogP contribution in [0.25, 0.3) is 0 Å². The number of nitrogens with two attached hydrogens (primary N) is 1. The third-order valence-electron chi connectivity index (χ3n) is 1.30. The summed E-state index contributed by atoms with van der Waals surface area (Å²) in [6.45, 7) is 2.54. The van der Waals surface area contributed by atoms with Gasteiger partial charge in [-0.15, -0.1) is 0 Å². The zero-order valence-electron chi connectivity index (χ0n) is 8.20. The Labute approximate surface area is 89.7 Å². The van der Waals surface area contributed by atoms with E-state index in [2.05, 4.69) is 17.9 Å². The standard InChI is InChI=1S/C8H18N2O3S/c9-1-3-12-4-5-13-7-8(11)10-2-6-14/h14H,1-7,9H2,(H,10,11). The van der Waals surface area contributed by atoms with Crippen molar-refractivity contribution in [2.75, 3.05) is 45.3 Å². The first-order chi connectivity index (χ1) is 6.81. The van der Waals surface area contributed by atoms with Crippen LogP contribution in [0.1, 0.15) is 0 Å². The summed E-state index contributed by atoms with van der Waals surface area (Å²) in [4.78, 5) is 11.0. The van der Waals surface area contributed by atoms with E-state index in [-0.39, 0.29) is 12.5 Å². The first kappa shape index (κ1) is 13.7. The molecule has 0 heterocycles. The van der Waals surface area contributed by atoms with Crippen molar-refractivity contribution in [1.29, 1.82) is 0 Å². The third-order valence-corrected chi connectivity index (χ3v) is 1.52. The summed E-state index contributed by atoms with van der Waals surface area (Å²) < 4.78 is 10.1. The van der Waals surface area contributed by atoms with E-state index in [1.54, 1.807) is 0 Å². The lowest BCUT2D eigenvalue weighted by Gasteiger charge is -2.05. The quantitative estimate of drug-likeness (QED) is 0.346. The zero-order chi connectivity index (χ0) is 10.6. The summed E-state index contributed by atoms with van der Waals surface area (Å²) in [6.07, 6.45) is 0. The van der Waals surface area contributed by atoms with E-state index in [1.165, 1.54) is 0 Å². The molecule has 0 aromatic carbocycles. The Balaban J connectivity index is 3.07. The number of carbonyl (C=O) groups is 1. The molecular weight excluding hydrogens is 204 g/mol. The minimum Gasteiger partial charge on any atom is -0.378 e. The van der Waals surface area contributed by atoms with Crippen LogP contribution in [-0.2, 0) is 14.3 Å². The van der Waals surface area contributed by atoms with Gasteiger partial charge in [0.05, 0.1) is 19.8 Å². The van der Waals surface area contributed by atoms with Crippen molar-refractivity contribution >= 4 is 18.5 Å². The predicted molar refractivity (Wildman–Crippen MR) is 57.6 cm³/mol. The van der Waals surface area contributed by atoms with Crippen LogP contribution in [0.3, 0.4) is 0 Å². The van der Waals surface area contributed by atoms with Gasteiger partial charge in [0.2, 0.25) is 5.91 Å². The van der Waals surface area contributed by atoms with Gasteiger partial charge in [-0.05, 0) is 0 Å². The lowest BCUT2D eigenvalue weighted by molar-refractivity contribution is -0.126. The van der Waals surface area contributed by atoms with Gasteiger partial charge in [0.15, 0.2) is 0 Å². The second-order valence-corrected chi connectivity index (χ2v) is 2.97. The monoisotopic (exact) mass is 222 g/mol. The zero-order valence-corrected chi connectivity index (χ0v) is 9.09. The number of thiol groups is 1. The Morgan fingerprint density at radius 2 is 2.00 bits per heavy atom. The number of hydrogen-bond donors (Lipinski definition) is 3. The molecule has 0 rings (SSSR count). The van der Waals surface area contributed by atoms with Crippen molar-refractivity contribution < 1.29 is 14.3 Å². The number of rotatable bonds is 9. The van der Waals surface area contributed by atoms with Crippen LogP contribution < -0.4 is 11.1 Å². The molecule has 0 radical (unpaired) electrons. The van der Waals surface area contributed by atoms with Crippen molar-refractivity contribution in [2.45, 2.75) is 0 Å². The summed E-state index contributed by atoms with van der Waals surface area (Å²) in [5.41, 5.74) is 5.21. The van der Waals surface area contributed by atoms with Crippen LogP contribution in [0.2, 0.25) is 0 Å². The van der Waals surface area contributed by atoms with E-state index in [0.29, 0.717) is 38.7 Å². The van der Waals surface area contributed by atoms with Crippen molar-refractivity contribution in [3.63, 3.8) is 0 Å². The first-order valence-electron chi connectivity index (χ1n) is 4.54.